The fourth-order valence-corrected chi connectivity index (χ4v) is 7.35. The van der Waals surface area contributed by atoms with Gasteiger partial charge in [0.25, 0.3) is 0 Å². The molecule has 0 aliphatic heterocycles. The number of carboxylic acid groups (broad SMARTS) is 1. The molecule has 0 fully saturated rings. The second kappa shape index (κ2) is 33.0. The van der Waals surface area contributed by atoms with Gasteiger partial charge in [-0.3, -0.25) is 43.2 Å². The van der Waals surface area contributed by atoms with Gasteiger partial charge in [-0.25, -0.2) is 4.79 Å². The first-order chi connectivity index (χ1) is 34.3. The third-order valence-corrected chi connectivity index (χ3v) is 11.9. The van der Waals surface area contributed by atoms with E-state index in [-0.39, 0.29) is 31.6 Å². The second-order valence-corrected chi connectivity index (χ2v) is 18.9. The lowest BCUT2D eigenvalue weighted by atomic mass is 9.97. The zero-order chi connectivity index (χ0) is 55.7. The minimum atomic E-state index is -1.82. The highest BCUT2D eigenvalue weighted by atomic mass is 32.2. The number of hydrogen-bond acceptors (Lipinski definition) is 17. The van der Waals surface area contributed by atoms with Crippen molar-refractivity contribution in [2.75, 3.05) is 31.8 Å². The predicted molar refractivity (Wildman–Crippen MR) is 265 cm³/mol. The van der Waals surface area contributed by atoms with Crippen molar-refractivity contribution in [3.05, 3.63) is 35.9 Å². The highest BCUT2D eigenvalue weighted by molar-refractivity contribution is 7.98. The van der Waals surface area contributed by atoms with Crippen LogP contribution in [0.2, 0.25) is 0 Å². The summed E-state index contributed by atoms with van der Waals surface area (Å²) in [4.78, 5) is 132. The summed E-state index contributed by atoms with van der Waals surface area (Å²) < 4.78 is 0. The Hall–Kier alpha value is -5.97. The van der Waals surface area contributed by atoms with Crippen molar-refractivity contribution in [2.24, 2.45) is 17.6 Å². The van der Waals surface area contributed by atoms with Gasteiger partial charge in [0.2, 0.25) is 53.2 Å². The summed E-state index contributed by atoms with van der Waals surface area (Å²) in [6.45, 7) is 7.52. The molecule has 17 N–H and O–H groups in total. The maximum atomic E-state index is 13.8. The van der Waals surface area contributed by atoms with E-state index in [0.29, 0.717) is 11.3 Å². The molecule has 0 heterocycles. The number of nitrogens with one attached hydrogen (secondary N) is 9. The molecular weight excluding hydrogens is 981 g/mol. The van der Waals surface area contributed by atoms with Gasteiger partial charge in [-0.05, 0) is 63.0 Å². The topological polar surface area (TPSA) is 426 Å². The molecule has 9 amide bonds. The number of nitrogens with two attached hydrogens (primary N) is 1. The summed E-state index contributed by atoms with van der Waals surface area (Å²) in [6.07, 6.45) is -2.80. The second-order valence-electron chi connectivity index (χ2n) is 17.9. The molecule has 0 saturated heterocycles. The first-order valence-electron chi connectivity index (χ1n) is 23.7. The Balaban J connectivity index is 3.25. The van der Waals surface area contributed by atoms with Crippen LogP contribution >= 0.6 is 11.8 Å². The maximum absolute atomic E-state index is 13.8. The molecule has 0 unspecified atom stereocenters. The molecule has 26 nitrogen and oxygen atoms in total. The summed E-state index contributed by atoms with van der Waals surface area (Å²) in [5.74, 6) is -11.2. The number of amides is 9. The van der Waals surface area contributed by atoms with Gasteiger partial charge in [0.05, 0.1) is 38.1 Å². The molecule has 1 aromatic carbocycles. The standard InChI is InChI=1S/C46H76N10O16S/c1-9-23(4)34(43(68)55-36(25(6)60)44(69)49-28(15-16-73-8)38(63)56-37(26(7)61)46(71)72)53-42(67)32(21-58)52-41(66)31(20-57)51-39(64)29(17-22(2)3)50-45(70)35(24(5)59)54-40(65)30(48-33(62)19-47)18-27-13-11-10-12-14-27/h10-14,22-26,28-32,34-37,57-61H,9,15-21,47H2,1-8H3,(H,48,62)(H,49,69)(H,50,70)(H,51,64)(H,52,66)(H,53,67)(H,54,65)(H,55,68)(H,56,63)(H,71,72)/t23-,24+,25+,26+,28-,29-,30-,31-,32-,34-,35-,36-,37-/m0/s1. The van der Waals surface area contributed by atoms with Gasteiger partial charge < -0.3 is 84.2 Å². The molecule has 0 bridgehead atoms. The quantitative estimate of drug-likeness (QED) is 0.0312. The molecule has 27 heteroatoms. The number of aliphatic hydroxyl groups is 5. The van der Waals surface area contributed by atoms with Crippen molar-refractivity contribution in [3.8, 4) is 0 Å². The zero-order valence-electron chi connectivity index (χ0n) is 42.4. The number of carbonyl (C=O) groups is 10. The third-order valence-electron chi connectivity index (χ3n) is 11.3. The lowest BCUT2D eigenvalue weighted by Crippen LogP contribution is -2.63. The van der Waals surface area contributed by atoms with Crippen molar-refractivity contribution in [1.29, 1.82) is 0 Å². The largest absolute Gasteiger partial charge is 0.480 e. The summed E-state index contributed by atoms with van der Waals surface area (Å²) in [5, 5.41) is 82.0. The van der Waals surface area contributed by atoms with Crippen LogP contribution in [0.4, 0.5) is 0 Å². The fourth-order valence-electron chi connectivity index (χ4n) is 6.88. The van der Waals surface area contributed by atoms with Gasteiger partial charge >= 0.3 is 5.97 Å². The van der Waals surface area contributed by atoms with Gasteiger partial charge in [0.15, 0.2) is 6.04 Å². The van der Waals surface area contributed by atoms with Crippen LogP contribution in [0.1, 0.15) is 73.3 Å². The van der Waals surface area contributed by atoms with E-state index in [4.69, 9.17) is 5.73 Å². The van der Waals surface area contributed by atoms with Crippen molar-refractivity contribution < 1.29 is 78.6 Å². The fraction of sp³-hybridized carbons (Fsp3) is 0.652. The molecule has 1 rings (SSSR count). The third kappa shape index (κ3) is 22.4. The maximum Gasteiger partial charge on any atom is 0.328 e. The summed E-state index contributed by atoms with van der Waals surface area (Å²) >= 11 is 1.30. The van der Waals surface area contributed by atoms with Gasteiger partial charge in [-0.1, -0.05) is 64.4 Å². The molecule has 0 aromatic heterocycles. The van der Waals surface area contributed by atoms with Crippen LogP contribution in [0.5, 0.6) is 0 Å². The number of hydrogen-bond donors (Lipinski definition) is 16. The molecule has 0 aliphatic rings. The summed E-state index contributed by atoms with van der Waals surface area (Å²) in [6, 6.07) is -5.71. The van der Waals surface area contributed by atoms with Crippen LogP contribution in [-0.2, 0) is 54.4 Å². The Bertz CT molecular complexity index is 2000. The number of thioether (sulfide) groups is 1. The Morgan fingerprint density at radius 2 is 0.932 bits per heavy atom. The predicted octanol–water partition coefficient (Wildman–Crippen LogP) is -5.39. The molecule has 0 aliphatic carbocycles. The van der Waals surface area contributed by atoms with Crippen molar-refractivity contribution in [1.82, 2.24) is 47.9 Å². The van der Waals surface area contributed by atoms with E-state index in [2.05, 4.69) is 47.9 Å². The molecule has 412 valence electrons. The van der Waals surface area contributed by atoms with Crippen molar-refractivity contribution in [2.45, 2.75) is 147 Å². The number of aliphatic hydroxyl groups excluding tert-OH is 5. The number of rotatable bonds is 33. The Kier molecular flexibility index (Phi) is 29.4. The SMILES string of the molecule is CC[C@H](C)[C@H](NC(=O)[C@H](CO)NC(=O)[C@H](CO)NC(=O)[C@H](CC(C)C)NC(=O)[C@@H](NC(=O)[C@H](Cc1ccccc1)NC(=O)CN)[C@@H](C)O)C(=O)N[C@H](C(=O)N[C@@H](CCSC)C(=O)N[C@H](C(=O)O)[C@@H](C)O)[C@@H](C)O. The van der Waals surface area contributed by atoms with Crippen molar-refractivity contribution >= 4 is 70.9 Å². The van der Waals surface area contributed by atoms with Crippen LogP contribution in [0.15, 0.2) is 30.3 Å². The number of benzene rings is 1. The van der Waals surface area contributed by atoms with Gasteiger partial charge in [0, 0.05) is 6.42 Å². The number of aliphatic carboxylic acids is 1. The first kappa shape index (κ1) is 65.0. The number of carbonyl (C=O) groups excluding carboxylic acids is 9. The highest BCUT2D eigenvalue weighted by Crippen LogP contribution is 2.12. The van der Waals surface area contributed by atoms with Crippen LogP contribution in [0.3, 0.4) is 0 Å². The lowest BCUT2D eigenvalue weighted by molar-refractivity contribution is -0.145. The average molecular weight is 1060 g/mol. The van der Waals surface area contributed by atoms with Crippen LogP contribution < -0.4 is 53.6 Å². The molecule has 13 atom stereocenters. The number of carboxylic acids is 1. The van der Waals surface area contributed by atoms with E-state index < -0.39 is 157 Å². The van der Waals surface area contributed by atoms with E-state index >= 15 is 0 Å². The van der Waals surface area contributed by atoms with Crippen molar-refractivity contribution in [3.63, 3.8) is 0 Å². The molecule has 1 aromatic rings. The Morgan fingerprint density at radius 1 is 0.534 bits per heavy atom. The lowest BCUT2D eigenvalue weighted by Gasteiger charge is -2.30. The first-order valence-corrected chi connectivity index (χ1v) is 25.1. The summed E-state index contributed by atoms with van der Waals surface area (Å²) in [7, 11) is 0. The van der Waals surface area contributed by atoms with Gasteiger partial charge in [-0.2, -0.15) is 11.8 Å². The van der Waals surface area contributed by atoms with Gasteiger partial charge in [0.1, 0.15) is 48.3 Å². The van der Waals surface area contributed by atoms with Crippen LogP contribution in [-0.4, -0.2) is 194 Å². The molecular formula is C46H76N10O16S. The van der Waals surface area contributed by atoms with Gasteiger partial charge in [-0.15, -0.1) is 0 Å². The Morgan fingerprint density at radius 3 is 1.37 bits per heavy atom. The van der Waals surface area contributed by atoms with E-state index in [1.165, 1.54) is 18.7 Å². The highest BCUT2D eigenvalue weighted by Gasteiger charge is 2.38. The normalized spacial score (nSPS) is 16.6. The molecule has 0 saturated carbocycles. The molecule has 73 heavy (non-hydrogen) atoms. The molecule has 0 spiro atoms. The van der Waals surface area contributed by atoms with Crippen LogP contribution in [0, 0.1) is 11.8 Å². The average Bonchev–Trinajstić information content (AvgIpc) is 3.33. The Labute approximate surface area is 428 Å². The monoisotopic (exact) mass is 1060 g/mol. The smallest absolute Gasteiger partial charge is 0.328 e. The van der Waals surface area contributed by atoms with E-state index in [0.717, 1.165) is 13.8 Å². The molecule has 0 radical (unpaired) electrons. The summed E-state index contributed by atoms with van der Waals surface area (Å²) in [5.41, 5.74) is 6.10. The minimum Gasteiger partial charge on any atom is -0.480 e. The minimum absolute atomic E-state index is 0.0100. The zero-order valence-corrected chi connectivity index (χ0v) is 43.2. The van der Waals surface area contributed by atoms with E-state index in [1.54, 1.807) is 64.3 Å². The van der Waals surface area contributed by atoms with Crippen LogP contribution in [0.25, 0.3) is 0 Å². The van der Waals surface area contributed by atoms with E-state index in [1.807, 2.05) is 0 Å². The van der Waals surface area contributed by atoms with E-state index in [9.17, 15) is 78.6 Å².